The highest BCUT2D eigenvalue weighted by Gasteiger charge is 2.45. The Hall–Kier alpha value is -1.26. The molecule has 0 amide bonds. The highest BCUT2D eigenvalue weighted by molar-refractivity contribution is 5.03. The molecule has 15 heavy (non-hydrogen) atoms. The summed E-state index contributed by atoms with van der Waals surface area (Å²) in [4.78, 5) is 7.90. The van der Waals surface area contributed by atoms with Gasteiger partial charge >= 0.3 is 6.01 Å². The summed E-state index contributed by atoms with van der Waals surface area (Å²) in [6.07, 6.45) is 1.42. The van der Waals surface area contributed by atoms with Gasteiger partial charge in [-0.2, -0.15) is 0 Å². The van der Waals surface area contributed by atoms with Gasteiger partial charge in [0, 0.05) is 30.7 Å². The van der Waals surface area contributed by atoms with Crippen molar-refractivity contribution in [3.8, 4) is 6.01 Å². The van der Waals surface area contributed by atoms with Crippen LogP contribution in [0.25, 0.3) is 0 Å². The van der Waals surface area contributed by atoms with E-state index >= 15 is 0 Å². The van der Waals surface area contributed by atoms with Crippen LogP contribution in [0.2, 0.25) is 0 Å². The second kappa shape index (κ2) is 3.72. The van der Waals surface area contributed by atoms with Gasteiger partial charge in [0.1, 0.15) is 0 Å². The molecule has 0 atom stereocenters. The summed E-state index contributed by atoms with van der Waals surface area (Å²) in [5, 5.41) is 0. The normalized spacial score (nSPS) is 19.7. The molecule has 0 aliphatic heterocycles. The van der Waals surface area contributed by atoms with Crippen molar-refractivity contribution in [3.05, 3.63) is 18.0 Å². The van der Waals surface area contributed by atoms with Gasteiger partial charge in [0.05, 0.1) is 6.61 Å². The Labute approximate surface area is 86.5 Å². The Balaban J connectivity index is 1.80. The van der Waals surface area contributed by atoms with E-state index in [9.17, 15) is 8.78 Å². The summed E-state index contributed by atoms with van der Waals surface area (Å²) < 4.78 is 30.2. The molecule has 0 unspecified atom stereocenters. The number of halogens is 2. The van der Waals surface area contributed by atoms with Gasteiger partial charge in [-0.1, -0.05) is 0 Å². The summed E-state index contributed by atoms with van der Waals surface area (Å²) in [7, 11) is 0. The minimum atomic E-state index is -2.48. The van der Waals surface area contributed by atoms with Crippen molar-refractivity contribution in [3.63, 3.8) is 0 Å². The molecule has 5 heteroatoms. The summed E-state index contributed by atoms with van der Waals surface area (Å²) in [5.74, 6) is -2.55. The van der Waals surface area contributed by atoms with Gasteiger partial charge in [0.25, 0.3) is 0 Å². The fourth-order valence-corrected chi connectivity index (χ4v) is 1.59. The Morgan fingerprint density at radius 2 is 2.27 bits per heavy atom. The number of hydrogen-bond acceptors (Lipinski definition) is 3. The van der Waals surface area contributed by atoms with Gasteiger partial charge in [-0.3, -0.25) is 0 Å². The number of nitrogens with zero attached hydrogens (tertiary/aromatic N) is 2. The van der Waals surface area contributed by atoms with E-state index in [1.165, 1.54) is 0 Å². The van der Waals surface area contributed by atoms with Gasteiger partial charge in [-0.05, 0) is 13.0 Å². The van der Waals surface area contributed by atoms with E-state index in [4.69, 9.17) is 4.74 Å². The number of rotatable bonds is 3. The summed E-state index contributed by atoms with van der Waals surface area (Å²) >= 11 is 0. The maximum absolute atomic E-state index is 12.5. The largest absolute Gasteiger partial charge is 0.463 e. The van der Waals surface area contributed by atoms with Crippen LogP contribution in [0.3, 0.4) is 0 Å². The smallest absolute Gasteiger partial charge is 0.316 e. The van der Waals surface area contributed by atoms with Gasteiger partial charge in [-0.25, -0.2) is 18.7 Å². The molecule has 2 rings (SSSR count). The van der Waals surface area contributed by atoms with Gasteiger partial charge in [0.2, 0.25) is 5.92 Å². The van der Waals surface area contributed by atoms with E-state index in [-0.39, 0.29) is 31.4 Å². The quantitative estimate of drug-likeness (QED) is 0.773. The fraction of sp³-hybridized carbons (Fsp3) is 0.600. The molecule has 1 heterocycles. The lowest BCUT2D eigenvalue weighted by Crippen LogP contribution is -2.38. The molecular formula is C10H12F2N2O. The van der Waals surface area contributed by atoms with Crippen LogP contribution in [0.5, 0.6) is 6.01 Å². The first-order valence-electron chi connectivity index (χ1n) is 4.85. The second-order valence-electron chi connectivity index (χ2n) is 3.92. The van der Waals surface area contributed by atoms with Gasteiger partial charge < -0.3 is 4.74 Å². The monoisotopic (exact) mass is 214 g/mol. The molecule has 3 nitrogen and oxygen atoms in total. The predicted octanol–water partition coefficient (Wildman–Crippen LogP) is 2.21. The first-order valence-corrected chi connectivity index (χ1v) is 4.85. The third-order valence-electron chi connectivity index (χ3n) is 2.40. The lowest BCUT2D eigenvalue weighted by Gasteiger charge is -2.34. The highest BCUT2D eigenvalue weighted by atomic mass is 19.3. The van der Waals surface area contributed by atoms with Crippen molar-refractivity contribution in [2.45, 2.75) is 25.7 Å². The number of aromatic nitrogens is 2. The van der Waals surface area contributed by atoms with E-state index in [0.29, 0.717) is 0 Å². The van der Waals surface area contributed by atoms with Crippen molar-refractivity contribution in [2.75, 3.05) is 6.61 Å². The molecule has 1 aromatic rings. The first kappa shape index (κ1) is 10.3. The van der Waals surface area contributed by atoms with Crippen LogP contribution in [-0.2, 0) is 0 Å². The third kappa shape index (κ3) is 2.61. The SMILES string of the molecule is Cc1ccnc(OCC2CC(F)(F)C2)n1. The standard InChI is InChI=1S/C10H12F2N2O/c1-7-2-3-13-9(14-7)15-6-8-4-10(11,12)5-8/h2-3,8H,4-6H2,1H3. The van der Waals surface area contributed by atoms with Gasteiger partial charge in [-0.15, -0.1) is 0 Å². The molecule has 0 saturated heterocycles. The van der Waals surface area contributed by atoms with Crippen LogP contribution in [-0.4, -0.2) is 22.5 Å². The van der Waals surface area contributed by atoms with E-state index in [1.54, 1.807) is 12.3 Å². The third-order valence-corrected chi connectivity index (χ3v) is 2.40. The maximum atomic E-state index is 12.5. The van der Waals surface area contributed by atoms with E-state index in [1.807, 2.05) is 6.92 Å². The average molecular weight is 214 g/mol. The zero-order chi connectivity index (χ0) is 10.9. The second-order valence-corrected chi connectivity index (χ2v) is 3.92. The van der Waals surface area contributed by atoms with Crippen LogP contribution >= 0.6 is 0 Å². The van der Waals surface area contributed by atoms with Crippen LogP contribution in [0.1, 0.15) is 18.5 Å². The Morgan fingerprint density at radius 1 is 1.53 bits per heavy atom. The molecule has 0 radical (unpaired) electrons. The van der Waals surface area contributed by atoms with Crippen LogP contribution in [0, 0.1) is 12.8 Å². The van der Waals surface area contributed by atoms with Crippen LogP contribution < -0.4 is 4.74 Å². The highest BCUT2D eigenvalue weighted by Crippen LogP contribution is 2.42. The molecule has 0 N–H and O–H groups in total. The van der Waals surface area contributed by atoms with E-state index < -0.39 is 5.92 Å². The van der Waals surface area contributed by atoms with Crippen molar-refractivity contribution >= 4 is 0 Å². The number of hydrogen-bond donors (Lipinski definition) is 0. The lowest BCUT2D eigenvalue weighted by atomic mass is 9.82. The maximum Gasteiger partial charge on any atom is 0.316 e. The Bertz CT molecular complexity index is 349. The van der Waals surface area contributed by atoms with Crippen LogP contribution in [0.15, 0.2) is 12.3 Å². The zero-order valence-electron chi connectivity index (χ0n) is 8.41. The fourth-order valence-electron chi connectivity index (χ4n) is 1.59. The van der Waals surface area contributed by atoms with Crippen molar-refractivity contribution in [1.82, 2.24) is 9.97 Å². The minimum absolute atomic E-state index is 0.0656. The Morgan fingerprint density at radius 3 is 2.87 bits per heavy atom. The van der Waals surface area contributed by atoms with E-state index in [2.05, 4.69) is 9.97 Å². The molecule has 0 aromatic carbocycles. The summed E-state index contributed by atoms with van der Waals surface area (Å²) in [5.41, 5.74) is 0.805. The van der Waals surface area contributed by atoms with Gasteiger partial charge in [0.15, 0.2) is 0 Å². The van der Waals surface area contributed by atoms with E-state index in [0.717, 1.165) is 5.69 Å². The van der Waals surface area contributed by atoms with Crippen molar-refractivity contribution < 1.29 is 13.5 Å². The molecule has 1 fully saturated rings. The summed E-state index contributed by atoms with van der Waals surface area (Å²) in [6, 6.07) is 2.02. The molecule has 1 aromatic heterocycles. The summed E-state index contributed by atoms with van der Waals surface area (Å²) in [6.45, 7) is 2.10. The molecule has 0 spiro atoms. The number of alkyl halides is 2. The molecule has 0 bridgehead atoms. The first-order chi connectivity index (χ1) is 7.05. The molecule has 82 valence electrons. The number of aryl methyl sites for hydroxylation is 1. The number of ether oxygens (including phenoxy) is 1. The molecule has 1 saturated carbocycles. The average Bonchev–Trinajstić information content (AvgIpc) is 2.11. The predicted molar refractivity (Wildman–Crippen MR) is 49.9 cm³/mol. The molecule has 1 aliphatic rings. The zero-order valence-corrected chi connectivity index (χ0v) is 8.41. The molecule has 1 aliphatic carbocycles. The van der Waals surface area contributed by atoms with Crippen molar-refractivity contribution in [2.24, 2.45) is 5.92 Å². The lowest BCUT2D eigenvalue weighted by molar-refractivity contribution is -0.119. The van der Waals surface area contributed by atoms with Crippen LogP contribution in [0.4, 0.5) is 8.78 Å². The Kier molecular flexibility index (Phi) is 2.54. The molecular weight excluding hydrogens is 202 g/mol. The topological polar surface area (TPSA) is 35.0 Å². The minimum Gasteiger partial charge on any atom is -0.463 e. The van der Waals surface area contributed by atoms with Crippen molar-refractivity contribution in [1.29, 1.82) is 0 Å².